The van der Waals surface area contributed by atoms with Crippen molar-refractivity contribution < 1.29 is 14.0 Å². The van der Waals surface area contributed by atoms with E-state index in [2.05, 4.69) is 0 Å². The lowest BCUT2D eigenvalue weighted by atomic mass is 10.2. The van der Waals surface area contributed by atoms with Crippen LogP contribution in [0.3, 0.4) is 0 Å². The lowest BCUT2D eigenvalue weighted by molar-refractivity contribution is 0.0718. The molecule has 1 aliphatic rings. The zero-order chi connectivity index (χ0) is 16.9. The van der Waals surface area contributed by atoms with Gasteiger partial charge in [0.1, 0.15) is 12.0 Å². The molecule has 134 valence electrons. The van der Waals surface area contributed by atoms with Gasteiger partial charge in [0.05, 0.1) is 12.1 Å². The number of halogens is 1. The number of rotatable bonds is 3. The van der Waals surface area contributed by atoms with Gasteiger partial charge in [-0.1, -0.05) is 18.2 Å². The van der Waals surface area contributed by atoms with Crippen molar-refractivity contribution in [3.63, 3.8) is 0 Å². The Morgan fingerprint density at radius 2 is 1.56 bits per heavy atom. The molecule has 0 saturated carbocycles. The summed E-state index contributed by atoms with van der Waals surface area (Å²) in [7, 11) is 0. The number of carbonyl (C=O) groups is 2. The van der Waals surface area contributed by atoms with Crippen LogP contribution in [0, 0.1) is 0 Å². The Labute approximate surface area is 153 Å². The van der Waals surface area contributed by atoms with Gasteiger partial charge in [0.25, 0.3) is 11.8 Å². The van der Waals surface area contributed by atoms with E-state index in [4.69, 9.17) is 10.2 Å². The molecule has 0 spiro atoms. The first kappa shape index (κ1) is 19.0. The summed E-state index contributed by atoms with van der Waals surface area (Å²) in [6.07, 6.45) is 2.20. The fourth-order valence-electron chi connectivity index (χ4n) is 2.87. The molecule has 2 aromatic rings. The Hall–Kier alpha value is -2.31. The highest BCUT2D eigenvalue weighted by Crippen LogP contribution is 2.14. The topological polar surface area (TPSA) is 79.8 Å². The van der Waals surface area contributed by atoms with Gasteiger partial charge >= 0.3 is 0 Å². The molecule has 0 aliphatic carbocycles. The smallest absolute Gasteiger partial charge is 0.257 e. The van der Waals surface area contributed by atoms with Crippen LogP contribution in [0.5, 0.6) is 0 Å². The van der Waals surface area contributed by atoms with Crippen LogP contribution in [0.4, 0.5) is 0 Å². The normalized spacial score (nSPS) is 14.6. The molecule has 0 bridgehead atoms. The predicted molar refractivity (Wildman–Crippen MR) is 96.7 cm³/mol. The molecule has 1 fully saturated rings. The average molecular weight is 364 g/mol. The number of furan rings is 1. The van der Waals surface area contributed by atoms with Crippen molar-refractivity contribution in [2.75, 3.05) is 26.2 Å². The summed E-state index contributed by atoms with van der Waals surface area (Å²) < 4.78 is 5.24. The summed E-state index contributed by atoms with van der Waals surface area (Å²) in [5.41, 5.74) is 6.70. The second kappa shape index (κ2) is 8.69. The first-order valence-corrected chi connectivity index (χ1v) is 8.10. The zero-order valence-corrected chi connectivity index (χ0v) is 14.7. The molecule has 25 heavy (non-hydrogen) atoms. The van der Waals surface area contributed by atoms with Crippen molar-refractivity contribution in [1.82, 2.24) is 9.80 Å². The van der Waals surface area contributed by atoms with Crippen molar-refractivity contribution in [2.45, 2.75) is 13.0 Å². The number of hydrogen-bond donors (Lipinski definition) is 1. The van der Waals surface area contributed by atoms with Gasteiger partial charge in [0.15, 0.2) is 0 Å². The van der Waals surface area contributed by atoms with Crippen LogP contribution in [0.15, 0.2) is 47.1 Å². The lowest BCUT2D eigenvalue weighted by Crippen LogP contribution is -2.37. The molecule has 2 heterocycles. The van der Waals surface area contributed by atoms with Gasteiger partial charge in [-0.25, -0.2) is 0 Å². The molecule has 7 heteroatoms. The molecular formula is C18H22ClN3O3. The third kappa shape index (κ3) is 4.41. The van der Waals surface area contributed by atoms with E-state index in [0.717, 1.165) is 6.42 Å². The van der Waals surface area contributed by atoms with Crippen molar-refractivity contribution >= 4 is 24.2 Å². The Kier molecular flexibility index (Phi) is 6.61. The molecule has 0 unspecified atom stereocenters. The number of hydrogen-bond acceptors (Lipinski definition) is 4. The molecule has 2 N–H and O–H groups in total. The SMILES string of the molecule is Cl.NCc1cc(C(=O)N2CCCN(C(=O)c3ccccc3)CC2)co1. The van der Waals surface area contributed by atoms with Crippen LogP contribution < -0.4 is 5.73 Å². The summed E-state index contributed by atoms with van der Waals surface area (Å²) >= 11 is 0. The molecule has 1 aromatic carbocycles. The van der Waals surface area contributed by atoms with E-state index < -0.39 is 0 Å². The van der Waals surface area contributed by atoms with E-state index in [1.54, 1.807) is 11.0 Å². The van der Waals surface area contributed by atoms with Gasteiger partial charge in [0, 0.05) is 31.7 Å². The summed E-state index contributed by atoms with van der Waals surface area (Å²) in [6, 6.07) is 10.9. The largest absolute Gasteiger partial charge is 0.467 e. The highest BCUT2D eigenvalue weighted by molar-refractivity contribution is 5.95. The predicted octanol–water partition coefficient (Wildman–Crippen LogP) is 2.15. The number of nitrogens with zero attached hydrogens (tertiary/aromatic N) is 2. The number of benzene rings is 1. The third-order valence-electron chi connectivity index (χ3n) is 4.19. The van der Waals surface area contributed by atoms with Crippen molar-refractivity contribution in [3.8, 4) is 0 Å². The molecule has 1 aliphatic heterocycles. The van der Waals surface area contributed by atoms with Gasteiger partial charge < -0.3 is 20.0 Å². The van der Waals surface area contributed by atoms with Crippen molar-refractivity contribution in [2.24, 2.45) is 5.73 Å². The second-order valence-electron chi connectivity index (χ2n) is 5.81. The van der Waals surface area contributed by atoms with E-state index in [1.807, 2.05) is 35.2 Å². The van der Waals surface area contributed by atoms with Crippen LogP contribution in [0.2, 0.25) is 0 Å². The first-order chi connectivity index (χ1) is 11.7. The summed E-state index contributed by atoms with van der Waals surface area (Å²) in [4.78, 5) is 28.7. The standard InChI is InChI=1S/C18H21N3O3.ClH/c19-12-16-11-15(13-24-16)18(23)21-8-4-7-20(9-10-21)17(22)14-5-2-1-3-6-14;/h1-3,5-6,11,13H,4,7-10,12,19H2;1H. The Morgan fingerprint density at radius 1 is 0.960 bits per heavy atom. The van der Waals surface area contributed by atoms with Crippen LogP contribution >= 0.6 is 12.4 Å². The molecule has 1 aromatic heterocycles. The highest BCUT2D eigenvalue weighted by Gasteiger charge is 2.24. The van der Waals surface area contributed by atoms with Crippen LogP contribution in [0.1, 0.15) is 32.9 Å². The maximum absolute atomic E-state index is 12.5. The van der Waals surface area contributed by atoms with E-state index in [9.17, 15) is 9.59 Å². The van der Waals surface area contributed by atoms with Gasteiger partial charge in [-0.2, -0.15) is 0 Å². The number of nitrogens with two attached hydrogens (primary N) is 1. The van der Waals surface area contributed by atoms with Gasteiger partial charge in [0.2, 0.25) is 0 Å². The van der Waals surface area contributed by atoms with Crippen LogP contribution in [0.25, 0.3) is 0 Å². The molecule has 0 radical (unpaired) electrons. The summed E-state index contributed by atoms with van der Waals surface area (Å²) in [6.45, 7) is 2.59. The van der Waals surface area contributed by atoms with Crippen molar-refractivity contribution in [1.29, 1.82) is 0 Å². The maximum Gasteiger partial charge on any atom is 0.257 e. The molecule has 3 rings (SSSR count). The van der Waals surface area contributed by atoms with E-state index in [-0.39, 0.29) is 30.8 Å². The van der Waals surface area contributed by atoms with Gasteiger partial charge in [-0.15, -0.1) is 12.4 Å². The minimum atomic E-state index is -0.0764. The second-order valence-corrected chi connectivity index (χ2v) is 5.81. The molecule has 1 saturated heterocycles. The molecule has 6 nitrogen and oxygen atoms in total. The highest BCUT2D eigenvalue weighted by atomic mass is 35.5. The van der Waals surface area contributed by atoms with Crippen LogP contribution in [-0.2, 0) is 6.54 Å². The monoisotopic (exact) mass is 363 g/mol. The quantitative estimate of drug-likeness (QED) is 0.906. The Balaban J connectivity index is 0.00000225. The van der Waals surface area contributed by atoms with Gasteiger partial charge in [-0.3, -0.25) is 9.59 Å². The lowest BCUT2D eigenvalue weighted by Gasteiger charge is -2.22. The number of carbonyl (C=O) groups excluding carboxylic acids is 2. The fraction of sp³-hybridized carbons (Fsp3) is 0.333. The molecule has 2 amide bonds. The number of amides is 2. The molecule has 0 atom stereocenters. The van der Waals surface area contributed by atoms with E-state index in [0.29, 0.717) is 43.1 Å². The Bertz CT molecular complexity index is 717. The summed E-state index contributed by atoms with van der Waals surface area (Å²) in [5.74, 6) is 0.528. The van der Waals surface area contributed by atoms with Gasteiger partial charge in [-0.05, 0) is 24.6 Å². The zero-order valence-electron chi connectivity index (χ0n) is 13.9. The summed E-state index contributed by atoms with van der Waals surface area (Å²) in [5, 5.41) is 0. The minimum absolute atomic E-state index is 0. The minimum Gasteiger partial charge on any atom is -0.467 e. The Morgan fingerprint density at radius 3 is 2.12 bits per heavy atom. The van der Waals surface area contributed by atoms with Crippen LogP contribution in [-0.4, -0.2) is 47.8 Å². The third-order valence-corrected chi connectivity index (χ3v) is 4.19. The van der Waals surface area contributed by atoms with Crippen molar-refractivity contribution in [3.05, 3.63) is 59.5 Å². The maximum atomic E-state index is 12.5. The first-order valence-electron chi connectivity index (χ1n) is 8.10. The average Bonchev–Trinajstić information content (AvgIpc) is 2.98. The molecular weight excluding hydrogens is 342 g/mol. The van der Waals surface area contributed by atoms with E-state index in [1.165, 1.54) is 6.26 Å². The van der Waals surface area contributed by atoms with E-state index >= 15 is 0 Å². The fourth-order valence-corrected chi connectivity index (χ4v) is 2.87.